The molecule has 0 spiro atoms. The Morgan fingerprint density at radius 1 is 1.25 bits per heavy atom. The fourth-order valence-corrected chi connectivity index (χ4v) is 2.56. The second-order valence-corrected chi connectivity index (χ2v) is 4.67. The molecule has 0 saturated carbocycles. The van der Waals surface area contributed by atoms with Crippen LogP contribution >= 0.6 is 0 Å². The predicted octanol–water partition coefficient (Wildman–Crippen LogP) is 0.773. The number of hydrogen-bond acceptors (Lipinski definition) is 3. The maximum Gasteiger partial charge on any atom is 0.107 e. The molecule has 1 aliphatic heterocycles. The molecule has 4 nitrogen and oxygen atoms in total. The Morgan fingerprint density at radius 2 is 2.12 bits per heavy atom. The van der Waals surface area contributed by atoms with E-state index in [0.29, 0.717) is 0 Å². The molecule has 2 heterocycles. The summed E-state index contributed by atoms with van der Waals surface area (Å²) in [5, 5.41) is 0. The van der Waals surface area contributed by atoms with E-state index >= 15 is 0 Å². The molecular weight excluding hydrogens is 202 g/mol. The highest BCUT2D eigenvalue weighted by molar-refractivity contribution is 5.19. The van der Waals surface area contributed by atoms with Gasteiger partial charge in [-0.1, -0.05) is 0 Å². The van der Waals surface area contributed by atoms with Crippen LogP contribution in [0.4, 0.5) is 0 Å². The van der Waals surface area contributed by atoms with Gasteiger partial charge in [-0.15, -0.1) is 0 Å². The quantitative estimate of drug-likeness (QED) is 0.820. The van der Waals surface area contributed by atoms with Crippen molar-refractivity contribution >= 4 is 0 Å². The lowest BCUT2D eigenvalue weighted by Crippen LogP contribution is -2.37. The standard InChI is InChI=1S/C12H19N3O/c1-2-10-11(3-1)14-12(13-10)4-5-15-6-8-16-9-7-15/h1-9H2,(H,13,14). The van der Waals surface area contributed by atoms with Crippen LogP contribution in [0.5, 0.6) is 0 Å². The zero-order valence-electron chi connectivity index (χ0n) is 9.67. The summed E-state index contributed by atoms with van der Waals surface area (Å²) in [5.74, 6) is 1.18. The average molecular weight is 221 g/mol. The van der Waals surface area contributed by atoms with Gasteiger partial charge in [0.25, 0.3) is 0 Å². The number of hydrogen-bond donors (Lipinski definition) is 1. The summed E-state index contributed by atoms with van der Waals surface area (Å²) < 4.78 is 5.34. The van der Waals surface area contributed by atoms with Crippen molar-refractivity contribution in [1.29, 1.82) is 0 Å². The maximum atomic E-state index is 5.34. The predicted molar refractivity (Wildman–Crippen MR) is 61.6 cm³/mol. The van der Waals surface area contributed by atoms with Crippen LogP contribution in [0.3, 0.4) is 0 Å². The Morgan fingerprint density at radius 3 is 2.94 bits per heavy atom. The summed E-state index contributed by atoms with van der Waals surface area (Å²) in [7, 11) is 0. The molecule has 0 amide bonds. The highest BCUT2D eigenvalue weighted by Crippen LogP contribution is 2.19. The first-order valence-electron chi connectivity index (χ1n) is 6.28. The number of morpholine rings is 1. The topological polar surface area (TPSA) is 41.2 Å². The van der Waals surface area contributed by atoms with Gasteiger partial charge in [-0.2, -0.15) is 0 Å². The van der Waals surface area contributed by atoms with Crippen molar-refractivity contribution in [3.8, 4) is 0 Å². The minimum atomic E-state index is 0.884. The Labute approximate surface area is 96.0 Å². The second-order valence-electron chi connectivity index (χ2n) is 4.67. The van der Waals surface area contributed by atoms with Gasteiger partial charge in [0.15, 0.2) is 0 Å². The van der Waals surface area contributed by atoms with Gasteiger partial charge in [0.2, 0.25) is 0 Å². The number of aromatic nitrogens is 2. The summed E-state index contributed by atoms with van der Waals surface area (Å²) in [6, 6.07) is 0. The van der Waals surface area contributed by atoms with E-state index in [1.54, 1.807) is 0 Å². The number of nitrogens with zero attached hydrogens (tertiary/aromatic N) is 2. The van der Waals surface area contributed by atoms with E-state index in [0.717, 1.165) is 39.3 Å². The Hall–Kier alpha value is -0.870. The highest BCUT2D eigenvalue weighted by atomic mass is 16.5. The molecule has 1 fully saturated rings. The first kappa shape index (κ1) is 10.3. The number of nitrogens with one attached hydrogen (secondary N) is 1. The molecule has 0 radical (unpaired) electrons. The van der Waals surface area contributed by atoms with Crippen LogP contribution in [0.15, 0.2) is 0 Å². The number of imidazole rings is 1. The number of H-pyrrole nitrogens is 1. The zero-order chi connectivity index (χ0) is 10.8. The van der Waals surface area contributed by atoms with Crippen LogP contribution in [0, 0.1) is 0 Å². The molecule has 0 unspecified atom stereocenters. The first-order valence-corrected chi connectivity index (χ1v) is 6.28. The van der Waals surface area contributed by atoms with Crippen molar-refractivity contribution in [3.05, 3.63) is 17.2 Å². The van der Waals surface area contributed by atoms with E-state index < -0.39 is 0 Å². The lowest BCUT2D eigenvalue weighted by atomic mass is 10.3. The van der Waals surface area contributed by atoms with Crippen LogP contribution < -0.4 is 0 Å². The Balaban J connectivity index is 1.53. The monoisotopic (exact) mass is 221 g/mol. The SMILES string of the molecule is C1Cc2nc(CCN3CCOCC3)[nH]c2C1. The van der Waals surface area contributed by atoms with Gasteiger partial charge in [-0.3, -0.25) is 4.90 Å². The molecule has 16 heavy (non-hydrogen) atoms. The summed E-state index contributed by atoms with van der Waals surface area (Å²) in [5.41, 5.74) is 2.70. The van der Waals surface area contributed by atoms with Crippen molar-refractivity contribution < 1.29 is 4.74 Å². The molecule has 0 aromatic carbocycles. The maximum absolute atomic E-state index is 5.34. The molecule has 3 rings (SSSR count). The van der Waals surface area contributed by atoms with E-state index in [1.165, 1.54) is 36.5 Å². The van der Waals surface area contributed by atoms with Gasteiger partial charge in [0, 0.05) is 31.7 Å². The molecule has 1 aromatic rings. The van der Waals surface area contributed by atoms with E-state index in [4.69, 9.17) is 4.74 Å². The molecule has 0 atom stereocenters. The van der Waals surface area contributed by atoms with E-state index in [1.807, 2.05) is 0 Å². The Kier molecular flexibility index (Phi) is 2.93. The minimum absolute atomic E-state index is 0.884. The third-order valence-electron chi connectivity index (χ3n) is 3.52. The largest absolute Gasteiger partial charge is 0.379 e. The molecule has 1 aromatic heterocycles. The van der Waals surface area contributed by atoms with Gasteiger partial charge >= 0.3 is 0 Å². The molecule has 1 N–H and O–H groups in total. The molecule has 1 saturated heterocycles. The van der Waals surface area contributed by atoms with E-state index in [2.05, 4.69) is 14.9 Å². The number of aryl methyl sites for hydroxylation is 2. The van der Waals surface area contributed by atoms with Gasteiger partial charge in [0.1, 0.15) is 5.82 Å². The second kappa shape index (κ2) is 4.55. The summed E-state index contributed by atoms with van der Waals surface area (Å²) in [4.78, 5) is 10.6. The third kappa shape index (κ3) is 2.13. The van der Waals surface area contributed by atoms with Crippen molar-refractivity contribution in [2.45, 2.75) is 25.7 Å². The van der Waals surface area contributed by atoms with Gasteiger partial charge in [-0.25, -0.2) is 4.98 Å². The van der Waals surface area contributed by atoms with Gasteiger partial charge in [0.05, 0.1) is 18.9 Å². The summed E-state index contributed by atoms with van der Waals surface area (Å²) >= 11 is 0. The number of rotatable bonds is 3. The van der Waals surface area contributed by atoms with Crippen molar-refractivity contribution in [3.63, 3.8) is 0 Å². The van der Waals surface area contributed by atoms with Crippen LogP contribution in [0.25, 0.3) is 0 Å². The van der Waals surface area contributed by atoms with Crippen LogP contribution in [0.2, 0.25) is 0 Å². The summed E-state index contributed by atoms with van der Waals surface area (Å²) in [6.45, 7) is 5.01. The number of fused-ring (bicyclic) bond motifs is 1. The van der Waals surface area contributed by atoms with E-state index in [-0.39, 0.29) is 0 Å². The van der Waals surface area contributed by atoms with Crippen LogP contribution in [-0.4, -0.2) is 47.7 Å². The fourth-order valence-electron chi connectivity index (χ4n) is 2.56. The smallest absolute Gasteiger partial charge is 0.107 e. The zero-order valence-corrected chi connectivity index (χ0v) is 9.67. The average Bonchev–Trinajstić information content (AvgIpc) is 2.88. The minimum Gasteiger partial charge on any atom is -0.379 e. The first-order chi connectivity index (χ1) is 7.92. The molecule has 88 valence electrons. The normalized spacial score (nSPS) is 21.2. The fraction of sp³-hybridized carbons (Fsp3) is 0.750. The van der Waals surface area contributed by atoms with Crippen LogP contribution in [-0.2, 0) is 24.0 Å². The van der Waals surface area contributed by atoms with Crippen molar-refractivity contribution in [2.75, 3.05) is 32.8 Å². The molecular formula is C12H19N3O. The van der Waals surface area contributed by atoms with E-state index in [9.17, 15) is 0 Å². The van der Waals surface area contributed by atoms with Crippen molar-refractivity contribution in [1.82, 2.24) is 14.9 Å². The number of ether oxygens (including phenoxy) is 1. The lowest BCUT2D eigenvalue weighted by Gasteiger charge is -2.26. The highest BCUT2D eigenvalue weighted by Gasteiger charge is 2.16. The molecule has 4 heteroatoms. The van der Waals surface area contributed by atoms with Crippen molar-refractivity contribution in [2.24, 2.45) is 0 Å². The van der Waals surface area contributed by atoms with Gasteiger partial charge < -0.3 is 9.72 Å². The third-order valence-corrected chi connectivity index (χ3v) is 3.52. The lowest BCUT2D eigenvalue weighted by molar-refractivity contribution is 0.0382. The van der Waals surface area contributed by atoms with Gasteiger partial charge in [-0.05, 0) is 19.3 Å². The van der Waals surface area contributed by atoms with Crippen LogP contribution in [0.1, 0.15) is 23.6 Å². The summed E-state index contributed by atoms with van der Waals surface area (Å²) in [6.07, 6.45) is 4.69. The molecule has 0 bridgehead atoms. The molecule has 2 aliphatic rings. The number of aromatic amines is 1. The Bertz CT molecular complexity index is 334. The molecule has 1 aliphatic carbocycles.